The minimum Gasteiger partial charge on any atom is -0.356 e. The molecule has 2 rings (SSSR count). The Morgan fingerprint density at radius 2 is 2.17 bits per heavy atom. The zero-order chi connectivity index (χ0) is 12.8. The maximum atomic E-state index is 13.3. The summed E-state index contributed by atoms with van der Waals surface area (Å²) in [5.74, 6) is -0.0151. The van der Waals surface area contributed by atoms with Crippen molar-refractivity contribution in [2.24, 2.45) is 5.92 Å². The fourth-order valence-corrected chi connectivity index (χ4v) is 2.20. The molecule has 1 unspecified atom stereocenters. The first-order valence-corrected chi connectivity index (χ1v) is 6.43. The predicted molar refractivity (Wildman–Crippen MR) is 69.6 cm³/mol. The van der Waals surface area contributed by atoms with Gasteiger partial charge in [-0.15, -0.1) is 0 Å². The summed E-state index contributed by atoms with van der Waals surface area (Å²) in [7, 11) is 0. The van der Waals surface area contributed by atoms with Gasteiger partial charge in [0.15, 0.2) is 0 Å². The zero-order valence-electron chi connectivity index (χ0n) is 10.4. The van der Waals surface area contributed by atoms with Crippen molar-refractivity contribution >= 4 is 5.91 Å². The Balaban J connectivity index is 1.77. The van der Waals surface area contributed by atoms with Crippen LogP contribution in [0.5, 0.6) is 0 Å². The molecule has 0 aliphatic heterocycles. The molecule has 1 N–H and O–H groups in total. The normalized spacial score (nSPS) is 18.6. The van der Waals surface area contributed by atoms with Gasteiger partial charge in [0.2, 0.25) is 5.91 Å². The lowest BCUT2D eigenvalue weighted by Crippen LogP contribution is -2.32. The number of carbonyl (C=O) groups excluding carboxylic acids is 1. The topological polar surface area (TPSA) is 29.1 Å². The van der Waals surface area contributed by atoms with Crippen LogP contribution >= 0.6 is 0 Å². The number of halogens is 1. The van der Waals surface area contributed by atoms with Crippen molar-refractivity contribution in [3.8, 4) is 0 Å². The Labute approximate surface area is 107 Å². The van der Waals surface area contributed by atoms with Crippen LogP contribution < -0.4 is 5.32 Å². The van der Waals surface area contributed by atoms with Crippen molar-refractivity contribution in [2.45, 2.75) is 25.7 Å². The first-order chi connectivity index (χ1) is 8.77. The van der Waals surface area contributed by atoms with Gasteiger partial charge in [-0.1, -0.05) is 30.4 Å². The summed E-state index contributed by atoms with van der Waals surface area (Å²) < 4.78 is 13.3. The smallest absolute Gasteiger partial charge is 0.223 e. The second-order valence-electron chi connectivity index (χ2n) is 4.61. The highest BCUT2D eigenvalue weighted by atomic mass is 19.1. The highest BCUT2D eigenvalue weighted by molar-refractivity contribution is 5.78. The minimum atomic E-state index is -0.202. The van der Waals surface area contributed by atoms with E-state index in [0.29, 0.717) is 18.5 Å². The van der Waals surface area contributed by atoms with Gasteiger partial charge in [0.05, 0.1) is 0 Å². The molecule has 2 nitrogen and oxygen atoms in total. The van der Waals surface area contributed by atoms with E-state index in [2.05, 4.69) is 17.5 Å². The molecule has 1 aromatic rings. The molecule has 0 radical (unpaired) electrons. The highest BCUT2D eigenvalue weighted by Crippen LogP contribution is 2.17. The van der Waals surface area contributed by atoms with E-state index in [1.165, 1.54) is 6.07 Å². The van der Waals surface area contributed by atoms with E-state index in [-0.39, 0.29) is 17.6 Å². The molecule has 1 aromatic carbocycles. The van der Waals surface area contributed by atoms with Crippen molar-refractivity contribution in [3.63, 3.8) is 0 Å². The van der Waals surface area contributed by atoms with Gasteiger partial charge >= 0.3 is 0 Å². The standard InChI is InChI=1S/C15H18FNO/c16-14-9-5-4-6-12(14)10-11-17-15(18)13-7-2-1-3-8-13/h1-2,4-6,9,13H,3,7-8,10-11H2,(H,17,18). The average Bonchev–Trinajstić information content (AvgIpc) is 2.42. The predicted octanol–water partition coefficient (Wildman–Crippen LogP) is 2.84. The van der Waals surface area contributed by atoms with Crippen LogP contribution in [0.1, 0.15) is 24.8 Å². The van der Waals surface area contributed by atoms with E-state index in [0.717, 1.165) is 19.3 Å². The van der Waals surface area contributed by atoms with Crippen LogP contribution in [0.3, 0.4) is 0 Å². The Bertz CT molecular complexity index is 442. The highest BCUT2D eigenvalue weighted by Gasteiger charge is 2.17. The maximum absolute atomic E-state index is 13.3. The van der Waals surface area contributed by atoms with Gasteiger partial charge in [0.25, 0.3) is 0 Å². The molecule has 0 spiro atoms. The number of nitrogens with one attached hydrogen (secondary N) is 1. The molecule has 1 aliphatic rings. The fraction of sp³-hybridized carbons (Fsp3) is 0.400. The molecule has 1 aliphatic carbocycles. The van der Waals surface area contributed by atoms with Crippen LogP contribution in [0, 0.1) is 11.7 Å². The number of hydrogen-bond acceptors (Lipinski definition) is 1. The SMILES string of the molecule is O=C(NCCc1ccccc1F)C1CC=CCC1. The summed E-state index contributed by atoms with van der Waals surface area (Å²) in [4.78, 5) is 11.8. The van der Waals surface area contributed by atoms with Gasteiger partial charge in [-0.3, -0.25) is 4.79 Å². The van der Waals surface area contributed by atoms with E-state index < -0.39 is 0 Å². The monoisotopic (exact) mass is 247 g/mol. The first-order valence-electron chi connectivity index (χ1n) is 6.43. The van der Waals surface area contributed by atoms with Crippen molar-refractivity contribution in [2.75, 3.05) is 6.54 Å². The number of hydrogen-bond donors (Lipinski definition) is 1. The Morgan fingerprint density at radius 1 is 1.33 bits per heavy atom. The second kappa shape index (κ2) is 6.34. The first kappa shape index (κ1) is 12.8. The van der Waals surface area contributed by atoms with Gasteiger partial charge in [-0.25, -0.2) is 4.39 Å². The summed E-state index contributed by atoms with van der Waals surface area (Å²) in [6, 6.07) is 6.69. The largest absolute Gasteiger partial charge is 0.356 e. The van der Waals surface area contributed by atoms with Gasteiger partial charge in [0.1, 0.15) is 5.82 Å². The van der Waals surface area contributed by atoms with Crippen LogP contribution in [-0.4, -0.2) is 12.5 Å². The van der Waals surface area contributed by atoms with Crippen LogP contribution in [0.2, 0.25) is 0 Å². The molecule has 0 fully saturated rings. The van der Waals surface area contributed by atoms with Crippen molar-refractivity contribution in [1.82, 2.24) is 5.32 Å². The Hall–Kier alpha value is -1.64. The molecule has 0 saturated heterocycles. The van der Waals surface area contributed by atoms with Crippen LogP contribution in [0.15, 0.2) is 36.4 Å². The summed E-state index contributed by atoms with van der Waals surface area (Å²) >= 11 is 0. The summed E-state index contributed by atoms with van der Waals surface area (Å²) in [6.07, 6.45) is 7.44. The molecule has 1 atom stereocenters. The van der Waals surface area contributed by atoms with Crippen LogP contribution in [-0.2, 0) is 11.2 Å². The zero-order valence-corrected chi connectivity index (χ0v) is 10.4. The molecule has 0 bridgehead atoms. The van der Waals surface area contributed by atoms with E-state index in [1.807, 2.05) is 6.07 Å². The minimum absolute atomic E-state index is 0.0932. The third kappa shape index (κ3) is 3.42. The third-order valence-corrected chi connectivity index (χ3v) is 3.29. The average molecular weight is 247 g/mol. The van der Waals surface area contributed by atoms with Gasteiger partial charge in [0, 0.05) is 12.5 Å². The van der Waals surface area contributed by atoms with E-state index in [9.17, 15) is 9.18 Å². The van der Waals surface area contributed by atoms with Gasteiger partial charge in [-0.2, -0.15) is 0 Å². The second-order valence-corrected chi connectivity index (χ2v) is 4.61. The Kier molecular flexibility index (Phi) is 4.51. The molecular weight excluding hydrogens is 229 g/mol. The number of amides is 1. The molecule has 96 valence electrons. The summed E-state index contributed by atoms with van der Waals surface area (Å²) in [5, 5.41) is 2.89. The Morgan fingerprint density at radius 3 is 2.89 bits per heavy atom. The fourth-order valence-electron chi connectivity index (χ4n) is 2.20. The lowest BCUT2D eigenvalue weighted by Gasteiger charge is -2.17. The third-order valence-electron chi connectivity index (χ3n) is 3.29. The van der Waals surface area contributed by atoms with E-state index in [1.54, 1.807) is 12.1 Å². The van der Waals surface area contributed by atoms with E-state index >= 15 is 0 Å². The van der Waals surface area contributed by atoms with Crippen molar-refractivity contribution < 1.29 is 9.18 Å². The van der Waals surface area contributed by atoms with Crippen LogP contribution in [0.25, 0.3) is 0 Å². The lowest BCUT2D eigenvalue weighted by atomic mass is 9.93. The van der Waals surface area contributed by atoms with Gasteiger partial charge in [-0.05, 0) is 37.3 Å². The number of rotatable bonds is 4. The van der Waals surface area contributed by atoms with E-state index in [4.69, 9.17) is 0 Å². The maximum Gasteiger partial charge on any atom is 0.223 e. The van der Waals surface area contributed by atoms with Gasteiger partial charge < -0.3 is 5.32 Å². The molecular formula is C15H18FNO. The number of carbonyl (C=O) groups is 1. The number of allylic oxidation sites excluding steroid dienone is 2. The molecule has 0 saturated carbocycles. The molecule has 3 heteroatoms. The summed E-state index contributed by atoms with van der Waals surface area (Å²) in [6.45, 7) is 0.500. The molecule has 1 amide bonds. The van der Waals surface area contributed by atoms with Crippen LogP contribution in [0.4, 0.5) is 4.39 Å². The molecule has 18 heavy (non-hydrogen) atoms. The summed E-state index contributed by atoms with van der Waals surface area (Å²) in [5.41, 5.74) is 0.654. The lowest BCUT2D eigenvalue weighted by molar-refractivity contribution is -0.125. The number of benzene rings is 1. The molecule has 0 aromatic heterocycles. The molecule has 0 heterocycles. The van der Waals surface area contributed by atoms with Crippen molar-refractivity contribution in [1.29, 1.82) is 0 Å². The van der Waals surface area contributed by atoms with Crippen molar-refractivity contribution in [3.05, 3.63) is 47.8 Å². The quantitative estimate of drug-likeness (QED) is 0.814.